The van der Waals surface area contributed by atoms with E-state index >= 15 is 0 Å². The third-order valence-electron chi connectivity index (χ3n) is 4.88. The van der Waals surface area contributed by atoms with Gasteiger partial charge in [-0.3, -0.25) is 9.59 Å². The van der Waals surface area contributed by atoms with Crippen molar-refractivity contribution in [2.45, 2.75) is 57.9 Å². The highest BCUT2D eigenvalue weighted by Gasteiger charge is 2.24. The Morgan fingerprint density at radius 1 is 1.12 bits per heavy atom. The number of hydrogen-bond donors (Lipinski definition) is 1. The fourth-order valence-electron chi connectivity index (χ4n) is 3.42. The Labute approximate surface area is 150 Å². The summed E-state index contributed by atoms with van der Waals surface area (Å²) in [5.74, 6) is 0.749. The molecule has 1 aromatic rings. The Morgan fingerprint density at radius 3 is 2.32 bits per heavy atom. The summed E-state index contributed by atoms with van der Waals surface area (Å²) >= 11 is 0. The number of nitrogens with one attached hydrogen (secondary N) is 1. The Kier molecular flexibility index (Phi) is 7.76. The molecule has 2 rings (SSSR count). The highest BCUT2D eigenvalue weighted by Crippen LogP contribution is 2.22. The molecule has 2 amide bonds. The monoisotopic (exact) mass is 346 g/mol. The Balaban J connectivity index is 1.78. The van der Waals surface area contributed by atoms with Crippen LogP contribution in [-0.4, -0.2) is 43.0 Å². The summed E-state index contributed by atoms with van der Waals surface area (Å²) in [4.78, 5) is 26.0. The van der Waals surface area contributed by atoms with Crippen LogP contribution in [0.2, 0.25) is 0 Å². The molecule has 1 aromatic carbocycles. The molecule has 1 saturated carbocycles. The number of carbonyl (C=O) groups excluding carboxylic acids is 2. The van der Waals surface area contributed by atoms with Crippen LogP contribution in [0.15, 0.2) is 24.3 Å². The van der Waals surface area contributed by atoms with Crippen LogP contribution in [0.25, 0.3) is 0 Å². The molecule has 0 atom stereocenters. The predicted octanol–water partition coefficient (Wildman–Crippen LogP) is 2.93. The molecule has 1 fully saturated rings. The number of rotatable bonds is 7. The number of hydrogen-bond acceptors (Lipinski definition) is 3. The van der Waals surface area contributed by atoms with Gasteiger partial charge in [-0.25, -0.2) is 0 Å². The van der Waals surface area contributed by atoms with Gasteiger partial charge in [0.25, 0.3) is 0 Å². The van der Waals surface area contributed by atoms with Gasteiger partial charge in [-0.05, 0) is 37.0 Å². The number of nitrogens with zero attached hydrogens (tertiary/aromatic N) is 1. The average Bonchev–Trinajstić information content (AvgIpc) is 2.89. The number of amides is 2. The smallest absolute Gasteiger partial charge is 0.239 e. The molecule has 0 radical (unpaired) electrons. The number of ether oxygens (including phenoxy) is 1. The maximum Gasteiger partial charge on any atom is 0.239 e. The lowest BCUT2D eigenvalue weighted by Crippen LogP contribution is -2.45. The standard InChI is InChI=1S/C20H30N2O3/c1-16(23)22(18-7-5-3-4-6-8-18)15-20(24)21-14-13-17-9-11-19(25-2)12-10-17/h9-12,18H,3-8,13-15H2,1-2H3,(H,21,24). The highest BCUT2D eigenvalue weighted by molar-refractivity contribution is 5.84. The molecule has 25 heavy (non-hydrogen) atoms. The lowest BCUT2D eigenvalue weighted by Gasteiger charge is -2.29. The van der Waals surface area contributed by atoms with E-state index in [1.165, 1.54) is 12.8 Å². The van der Waals surface area contributed by atoms with E-state index < -0.39 is 0 Å². The van der Waals surface area contributed by atoms with Crippen LogP contribution in [0.5, 0.6) is 5.75 Å². The summed E-state index contributed by atoms with van der Waals surface area (Å²) in [7, 11) is 1.64. The van der Waals surface area contributed by atoms with Gasteiger partial charge in [0.1, 0.15) is 5.75 Å². The van der Waals surface area contributed by atoms with Crippen molar-refractivity contribution in [2.75, 3.05) is 20.2 Å². The minimum atomic E-state index is -0.0760. The second-order valence-electron chi connectivity index (χ2n) is 6.74. The molecule has 0 aromatic heterocycles. The topological polar surface area (TPSA) is 58.6 Å². The van der Waals surface area contributed by atoms with Gasteiger partial charge in [0.05, 0.1) is 13.7 Å². The molecule has 0 bridgehead atoms. The van der Waals surface area contributed by atoms with Gasteiger partial charge in [0.15, 0.2) is 0 Å². The summed E-state index contributed by atoms with van der Waals surface area (Å²) in [5.41, 5.74) is 1.15. The molecule has 0 spiro atoms. The van der Waals surface area contributed by atoms with Crippen molar-refractivity contribution in [3.63, 3.8) is 0 Å². The van der Waals surface area contributed by atoms with Crippen molar-refractivity contribution < 1.29 is 14.3 Å². The molecule has 0 unspecified atom stereocenters. The van der Waals surface area contributed by atoms with E-state index in [4.69, 9.17) is 4.74 Å². The van der Waals surface area contributed by atoms with Crippen molar-refractivity contribution in [3.8, 4) is 5.75 Å². The molecule has 1 aliphatic rings. The fourth-order valence-corrected chi connectivity index (χ4v) is 3.42. The molecule has 5 heteroatoms. The van der Waals surface area contributed by atoms with E-state index in [-0.39, 0.29) is 24.4 Å². The van der Waals surface area contributed by atoms with E-state index in [2.05, 4.69) is 5.32 Å². The van der Waals surface area contributed by atoms with Crippen LogP contribution in [0.1, 0.15) is 51.0 Å². The predicted molar refractivity (Wildman–Crippen MR) is 98.6 cm³/mol. The van der Waals surface area contributed by atoms with E-state index in [9.17, 15) is 9.59 Å². The van der Waals surface area contributed by atoms with Crippen molar-refractivity contribution in [1.29, 1.82) is 0 Å². The van der Waals surface area contributed by atoms with Crippen LogP contribution < -0.4 is 10.1 Å². The van der Waals surface area contributed by atoms with Crippen molar-refractivity contribution >= 4 is 11.8 Å². The first-order valence-electron chi connectivity index (χ1n) is 9.27. The summed E-state index contributed by atoms with van der Waals surface area (Å²) < 4.78 is 5.14. The van der Waals surface area contributed by atoms with Gasteiger partial charge in [0, 0.05) is 19.5 Å². The van der Waals surface area contributed by atoms with E-state index in [0.29, 0.717) is 6.54 Å². The van der Waals surface area contributed by atoms with Crippen molar-refractivity contribution in [3.05, 3.63) is 29.8 Å². The minimum Gasteiger partial charge on any atom is -0.497 e. The first-order chi connectivity index (χ1) is 12.1. The maximum absolute atomic E-state index is 12.3. The average molecular weight is 346 g/mol. The van der Waals surface area contributed by atoms with Crippen LogP contribution >= 0.6 is 0 Å². The van der Waals surface area contributed by atoms with Crippen LogP contribution in [-0.2, 0) is 16.0 Å². The fraction of sp³-hybridized carbons (Fsp3) is 0.600. The first kappa shape index (κ1) is 19.3. The number of carbonyl (C=O) groups is 2. The first-order valence-corrected chi connectivity index (χ1v) is 9.27. The van der Waals surface area contributed by atoms with Gasteiger partial charge in [-0.2, -0.15) is 0 Å². The van der Waals surface area contributed by atoms with Gasteiger partial charge in [-0.15, -0.1) is 0 Å². The zero-order valence-corrected chi connectivity index (χ0v) is 15.4. The van der Waals surface area contributed by atoms with Crippen LogP contribution in [0.4, 0.5) is 0 Å². The zero-order valence-electron chi connectivity index (χ0n) is 15.4. The SMILES string of the molecule is COc1ccc(CCNC(=O)CN(C(C)=O)C2CCCCCC2)cc1. The summed E-state index contributed by atoms with van der Waals surface area (Å²) in [6.45, 7) is 2.31. The molecule has 1 aliphatic carbocycles. The largest absolute Gasteiger partial charge is 0.497 e. The Bertz CT molecular complexity index is 549. The highest BCUT2D eigenvalue weighted by atomic mass is 16.5. The van der Waals surface area contributed by atoms with Crippen LogP contribution in [0, 0.1) is 0 Å². The Morgan fingerprint density at radius 2 is 1.76 bits per heavy atom. The molecular weight excluding hydrogens is 316 g/mol. The lowest BCUT2D eigenvalue weighted by molar-refractivity contribution is -0.136. The number of methoxy groups -OCH3 is 1. The molecule has 5 nitrogen and oxygen atoms in total. The lowest BCUT2D eigenvalue weighted by atomic mass is 10.1. The molecule has 138 valence electrons. The summed E-state index contributed by atoms with van der Waals surface area (Å²) in [6.07, 6.45) is 7.55. The van der Waals surface area contributed by atoms with Gasteiger partial charge in [0.2, 0.25) is 11.8 Å². The molecule has 1 N–H and O–H groups in total. The summed E-state index contributed by atoms with van der Waals surface area (Å²) in [5, 5.41) is 2.94. The second-order valence-corrected chi connectivity index (χ2v) is 6.74. The van der Waals surface area contributed by atoms with Gasteiger partial charge in [-0.1, -0.05) is 37.8 Å². The molecular formula is C20H30N2O3. The Hall–Kier alpha value is -2.04. The van der Waals surface area contributed by atoms with Gasteiger partial charge < -0.3 is 15.0 Å². The quantitative estimate of drug-likeness (QED) is 0.772. The van der Waals surface area contributed by atoms with E-state index in [1.54, 1.807) is 18.9 Å². The molecule has 0 aliphatic heterocycles. The normalized spacial score (nSPS) is 15.3. The van der Waals surface area contributed by atoms with E-state index in [1.807, 2.05) is 24.3 Å². The van der Waals surface area contributed by atoms with Crippen LogP contribution in [0.3, 0.4) is 0 Å². The second kappa shape index (κ2) is 10.1. The van der Waals surface area contributed by atoms with E-state index in [0.717, 1.165) is 43.4 Å². The minimum absolute atomic E-state index is 0.00259. The number of benzene rings is 1. The molecule has 0 heterocycles. The van der Waals surface area contributed by atoms with Gasteiger partial charge >= 0.3 is 0 Å². The third-order valence-corrected chi connectivity index (χ3v) is 4.88. The third kappa shape index (κ3) is 6.40. The zero-order chi connectivity index (χ0) is 18.1. The van der Waals surface area contributed by atoms with Crippen molar-refractivity contribution in [1.82, 2.24) is 10.2 Å². The maximum atomic E-state index is 12.3. The van der Waals surface area contributed by atoms with Crippen molar-refractivity contribution in [2.24, 2.45) is 0 Å². The molecule has 0 saturated heterocycles. The summed E-state index contributed by atoms with van der Waals surface area (Å²) in [6, 6.07) is 8.05.